The lowest BCUT2D eigenvalue weighted by molar-refractivity contribution is 0.119. The standard InChI is InChI=1S/C10H14BrNO2/c1-10(2,3)14-9-7(6-13)4-8(11)5-12-9/h4-5,13H,6H2,1-3H3. The lowest BCUT2D eigenvalue weighted by atomic mass is 10.2. The minimum absolute atomic E-state index is 0.0716. The van der Waals surface area contributed by atoms with Crippen LogP contribution in [0.1, 0.15) is 26.3 Å². The Hall–Kier alpha value is -0.610. The molecule has 1 aromatic heterocycles. The molecule has 0 aromatic carbocycles. The third kappa shape index (κ3) is 3.27. The van der Waals surface area contributed by atoms with Gasteiger partial charge in [-0.2, -0.15) is 0 Å². The van der Waals surface area contributed by atoms with E-state index in [1.54, 1.807) is 12.3 Å². The number of aromatic nitrogens is 1. The second kappa shape index (κ2) is 4.28. The topological polar surface area (TPSA) is 42.4 Å². The Morgan fingerprint density at radius 2 is 2.14 bits per heavy atom. The van der Waals surface area contributed by atoms with Crippen molar-refractivity contribution in [2.24, 2.45) is 0 Å². The molecule has 0 fully saturated rings. The van der Waals surface area contributed by atoms with Crippen LogP contribution < -0.4 is 4.74 Å². The molecule has 0 saturated heterocycles. The fourth-order valence-electron chi connectivity index (χ4n) is 0.964. The van der Waals surface area contributed by atoms with Crippen LogP contribution in [0.3, 0.4) is 0 Å². The van der Waals surface area contributed by atoms with E-state index < -0.39 is 0 Å². The zero-order valence-electron chi connectivity index (χ0n) is 8.54. The highest BCUT2D eigenvalue weighted by molar-refractivity contribution is 9.10. The minimum Gasteiger partial charge on any atom is -0.472 e. The molecule has 1 rings (SSSR count). The third-order valence-electron chi connectivity index (χ3n) is 1.47. The first-order valence-corrected chi connectivity index (χ1v) is 5.16. The van der Waals surface area contributed by atoms with Gasteiger partial charge in [-0.15, -0.1) is 0 Å². The summed E-state index contributed by atoms with van der Waals surface area (Å²) in [5.41, 5.74) is 0.388. The second-order valence-electron chi connectivity index (χ2n) is 3.99. The fraction of sp³-hybridized carbons (Fsp3) is 0.500. The smallest absolute Gasteiger partial charge is 0.219 e. The number of aliphatic hydroxyl groups is 1. The van der Waals surface area contributed by atoms with E-state index >= 15 is 0 Å². The van der Waals surface area contributed by atoms with Crippen molar-refractivity contribution in [2.45, 2.75) is 33.0 Å². The van der Waals surface area contributed by atoms with Gasteiger partial charge in [0.1, 0.15) is 5.60 Å². The van der Waals surface area contributed by atoms with E-state index in [4.69, 9.17) is 9.84 Å². The summed E-state index contributed by atoms with van der Waals surface area (Å²) in [6.45, 7) is 5.76. The molecular formula is C10H14BrNO2. The van der Waals surface area contributed by atoms with Crippen LogP contribution in [0.15, 0.2) is 16.7 Å². The van der Waals surface area contributed by atoms with Crippen molar-refractivity contribution in [2.75, 3.05) is 0 Å². The molecule has 0 unspecified atom stereocenters. The monoisotopic (exact) mass is 259 g/mol. The Bertz CT molecular complexity index is 320. The van der Waals surface area contributed by atoms with Crippen LogP contribution >= 0.6 is 15.9 Å². The molecule has 0 saturated carbocycles. The predicted molar refractivity (Wildman–Crippen MR) is 58.2 cm³/mol. The van der Waals surface area contributed by atoms with E-state index in [2.05, 4.69) is 20.9 Å². The van der Waals surface area contributed by atoms with Gasteiger partial charge < -0.3 is 9.84 Å². The van der Waals surface area contributed by atoms with E-state index in [1.807, 2.05) is 20.8 Å². The van der Waals surface area contributed by atoms with Crippen LogP contribution in [0, 0.1) is 0 Å². The van der Waals surface area contributed by atoms with Crippen molar-refractivity contribution < 1.29 is 9.84 Å². The molecule has 0 atom stereocenters. The van der Waals surface area contributed by atoms with Crippen LogP contribution in [0.2, 0.25) is 0 Å². The van der Waals surface area contributed by atoms with Crippen LogP contribution in [0.5, 0.6) is 5.88 Å². The summed E-state index contributed by atoms with van der Waals surface area (Å²) in [6, 6.07) is 1.80. The summed E-state index contributed by atoms with van der Waals surface area (Å²) in [4.78, 5) is 4.11. The highest BCUT2D eigenvalue weighted by Crippen LogP contribution is 2.23. The van der Waals surface area contributed by atoms with Gasteiger partial charge in [0.2, 0.25) is 5.88 Å². The predicted octanol–water partition coefficient (Wildman–Crippen LogP) is 2.51. The number of rotatable bonds is 2. The van der Waals surface area contributed by atoms with Gasteiger partial charge in [0.25, 0.3) is 0 Å². The van der Waals surface area contributed by atoms with E-state index in [0.29, 0.717) is 11.4 Å². The lowest BCUT2D eigenvalue weighted by Crippen LogP contribution is -2.24. The first-order chi connectivity index (χ1) is 6.42. The van der Waals surface area contributed by atoms with Crippen molar-refractivity contribution in [3.05, 3.63) is 22.3 Å². The number of hydrogen-bond donors (Lipinski definition) is 1. The van der Waals surface area contributed by atoms with Crippen molar-refractivity contribution >= 4 is 15.9 Å². The van der Waals surface area contributed by atoms with Crippen LogP contribution in [0.4, 0.5) is 0 Å². The summed E-state index contributed by atoms with van der Waals surface area (Å²) < 4.78 is 6.42. The fourth-order valence-corrected chi connectivity index (χ4v) is 1.34. The first kappa shape index (κ1) is 11.5. The molecule has 0 radical (unpaired) electrons. The Balaban J connectivity index is 2.97. The Labute approximate surface area is 92.3 Å². The van der Waals surface area contributed by atoms with E-state index in [1.165, 1.54) is 0 Å². The number of hydrogen-bond acceptors (Lipinski definition) is 3. The molecule has 1 aromatic rings. The lowest BCUT2D eigenvalue weighted by Gasteiger charge is -2.21. The second-order valence-corrected chi connectivity index (χ2v) is 4.91. The Kier molecular flexibility index (Phi) is 3.50. The zero-order valence-corrected chi connectivity index (χ0v) is 10.1. The van der Waals surface area contributed by atoms with Crippen LogP contribution in [-0.4, -0.2) is 15.7 Å². The molecule has 4 heteroatoms. The maximum atomic E-state index is 9.10. The summed E-state index contributed by atoms with van der Waals surface area (Å²) in [6.07, 6.45) is 1.65. The molecule has 1 heterocycles. The number of aliphatic hydroxyl groups excluding tert-OH is 1. The Morgan fingerprint density at radius 1 is 1.50 bits per heavy atom. The number of nitrogens with zero attached hydrogens (tertiary/aromatic N) is 1. The van der Waals surface area contributed by atoms with Crippen LogP contribution in [0.25, 0.3) is 0 Å². The first-order valence-electron chi connectivity index (χ1n) is 4.36. The molecule has 1 N–H and O–H groups in total. The van der Waals surface area contributed by atoms with Gasteiger partial charge in [-0.25, -0.2) is 4.98 Å². The SMILES string of the molecule is CC(C)(C)Oc1ncc(Br)cc1CO. The van der Waals surface area contributed by atoms with Gasteiger partial charge in [-0.3, -0.25) is 0 Å². The van der Waals surface area contributed by atoms with Crippen molar-refractivity contribution in [1.82, 2.24) is 4.98 Å². The maximum Gasteiger partial charge on any atom is 0.219 e. The highest BCUT2D eigenvalue weighted by atomic mass is 79.9. The van der Waals surface area contributed by atoms with Crippen molar-refractivity contribution in [1.29, 1.82) is 0 Å². The number of ether oxygens (including phenoxy) is 1. The van der Waals surface area contributed by atoms with E-state index in [0.717, 1.165) is 4.47 Å². The van der Waals surface area contributed by atoms with Crippen molar-refractivity contribution in [3.8, 4) is 5.88 Å². The van der Waals surface area contributed by atoms with E-state index in [-0.39, 0.29) is 12.2 Å². The molecular weight excluding hydrogens is 246 g/mol. The van der Waals surface area contributed by atoms with Gasteiger partial charge in [0, 0.05) is 16.2 Å². The molecule has 0 aliphatic carbocycles. The minimum atomic E-state index is -0.301. The molecule has 78 valence electrons. The number of halogens is 1. The average molecular weight is 260 g/mol. The molecule has 14 heavy (non-hydrogen) atoms. The molecule has 0 bridgehead atoms. The average Bonchev–Trinajstić information content (AvgIpc) is 2.06. The summed E-state index contributed by atoms with van der Waals surface area (Å²) >= 11 is 3.29. The highest BCUT2D eigenvalue weighted by Gasteiger charge is 2.15. The third-order valence-corrected chi connectivity index (χ3v) is 1.90. The summed E-state index contributed by atoms with van der Waals surface area (Å²) in [5, 5.41) is 9.10. The largest absolute Gasteiger partial charge is 0.472 e. The number of pyridine rings is 1. The van der Waals surface area contributed by atoms with Gasteiger partial charge in [0.05, 0.1) is 6.61 Å². The molecule has 0 aliphatic heterocycles. The molecule has 0 aliphatic rings. The molecule has 0 amide bonds. The molecule has 3 nitrogen and oxygen atoms in total. The van der Waals surface area contributed by atoms with E-state index in [9.17, 15) is 0 Å². The van der Waals surface area contributed by atoms with Crippen LogP contribution in [-0.2, 0) is 6.61 Å². The maximum absolute atomic E-state index is 9.10. The quantitative estimate of drug-likeness (QED) is 0.888. The summed E-state index contributed by atoms with van der Waals surface area (Å²) in [5.74, 6) is 0.489. The summed E-state index contributed by atoms with van der Waals surface area (Å²) in [7, 11) is 0. The normalized spacial score (nSPS) is 11.5. The molecule has 0 spiro atoms. The van der Waals surface area contributed by atoms with Gasteiger partial charge in [0.15, 0.2) is 0 Å². The van der Waals surface area contributed by atoms with Gasteiger partial charge in [-0.05, 0) is 42.8 Å². The van der Waals surface area contributed by atoms with Crippen molar-refractivity contribution in [3.63, 3.8) is 0 Å². The zero-order chi connectivity index (χ0) is 10.8. The van der Waals surface area contributed by atoms with Gasteiger partial charge in [-0.1, -0.05) is 0 Å². The Morgan fingerprint density at radius 3 is 2.64 bits per heavy atom. The van der Waals surface area contributed by atoms with Gasteiger partial charge >= 0.3 is 0 Å².